The highest BCUT2D eigenvalue weighted by Crippen LogP contribution is 2.53. The summed E-state index contributed by atoms with van der Waals surface area (Å²) in [5.41, 5.74) is 1.54. The van der Waals surface area contributed by atoms with Crippen LogP contribution in [-0.2, 0) is 0 Å². The molecule has 5 aliphatic carbocycles. The highest BCUT2D eigenvalue weighted by Gasteiger charge is 2.48. The molecule has 1 amide bonds. The second-order valence-electron chi connectivity index (χ2n) is 10.6. The van der Waals surface area contributed by atoms with Crippen molar-refractivity contribution in [2.45, 2.75) is 96.1 Å². The zero-order valence-electron chi connectivity index (χ0n) is 18.0. The Hall–Kier alpha value is -1.65. The number of carbonyl (C=O) groups is 1. The number of nitrogens with one attached hydrogen (secondary N) is 2. The molecular weight excluding hydrogens is 360 g/mol. The van der Waals surface area contributed by atoms with Gasteiger partial charge in [-0.3, -0.25) is 4.79 Å². The molecule has 1 heterocycles. The van der Waals surface area contributed by atoms with Crippen molar-refractivity contribution in [1.82, 2.24) is 15.5 Å². The monoisotopic (exact) mass is 396 g/mol. The van der Waals surface area contributed by atoms with E-state index in [-0.39, 0.29) is 11.8 Å². The number of anilines is 1. The van der Waals surface area contributed by atoms with E-state index in [2.05, 4.69) is 40.7 Å². The Morgan fingerprint density at radius 2 is 1.62 bits per heavy atom. The van der Waals surface area contributed by atoms with Gasteiger partial charge in [0.1, 0.15) is 5.82 Å². The van der Waals surface area contributed by atoms with Crippen molar-refractivity contribution in [2.75, 3.05) is 5.32 Å². The second kappa shape index (κ2) is 7.88. The summed E-state index contributed by atoms with van der Waals surface area (Å²) in [5, 5.41) is 15.8. The Balaban J connectivity index is 1.31. The van der Waals surface area contributed by atoms with Crippen LogP contribution in [0.2, 0.25) is 0 Å². The second-order valence-corrected chi connectivity index (χ2v) is 10.6. The number of carbonyl (C=O) groups excluding carboxylic acids is 1. The molecule has 0 saturated heterocycles. The molecule has 1 aromatic rings. The third-order valence-electron chi connectivity index (χ3n) is 8.14. The Bertz CT molecular complexity index is 727. The predicted molar refractivity (Wildman–Crippen MR) is 115 cm³/mol. The van der Waals surface area contributed by atoms with Crippen molar-refractivity contribution in [3.05, 3.63) is 17.3 Å². The van der Waals surface area contributed by atoms with Crippen molar-refractivity contribution in [3.8, 4) is 0 Å². The van der Waals surface area contributed by atoms with E-state index in [1.807, 2.05) is 0 Å². The maximum atomic E-state index is 13.2. The third kappa shape index (κ3) is 3.89. The van der Waals surface area contributed by atoms with E-state index >= 15 is 0 Å². The fourth-order valence-electron chi connectivity index (χ4n) is 6.93. The number of nitrogens with zero attached hydrogens (tertiary/aromatic N) is 2. The maximum Gasteiger partial charge on any atom is 0.272 e. The van der Waals surface area contributed by atoms with Crippen LogP contribution in [0.4, 0.5) is 5.82 Å². The number of hydrogen-bond donors (Lipinski definition) is 2. The van der Waals surface area contributed by atoms with Gasteiger partial charge in [0.2, 0.25) is 0 Å². The topological polar surface area (TPSA) is 66.9 Å². The van der Waals surface area contributed by atoms with Crippen molar-refractivity contribution in [1.29, 1.82) is 0 Å². The zero-order chi connectivity index (χ0) is 20.0. The molecule has 5 aliphatic rings. The zero-order valence-corrected chi connectivity index (χ0v) is 18.0. The van der Waals surface area contributed by atoms with E-state index in [0.717, 1.165) is 23.2 Å². The van der Waals surface area contributed by atoms with Gasteiger partial charge in [0.15, 0.2) is 5.69 Å². The summed E-state index contributed by atoms with van der Waals surface area (Å²) in [4.78, 5) is 13.2. The highest BCUT2D eigenvalue weighted by atomic mass is 16.2. The Labute approximate surface area is 174 Å². The van der Waals surface area contributed by atoms with Gasteiger partial charge in [-0.1, -0.05) is 33.1 Å². The summed E-state index contributed by atoms with van der Waals surface area (Å²) in [6.07, 6.45) is 13.0. The molecule has 5 saturated carbocycles. The van der Waals surface area contributed by atoms with Crippen LogP contribution in [0.5, 0.6) is 0 Å². The quantitative estimate of drug-likeness (QED) is 0.743. The minimum absolute atomic E-state index is 0.0112. The molecule has 0 atom stereocenters. The molecule has 0 radical (unpaired) electrons. The Kier molecular flexibility index (Phi) is 5.25. The lowest BCUT2D eigenvalue weighted by molar-refractivity contribution is -0.0120. The lowest BCUT2D eigenvalue weighted by atomic mass is 9.54. The molecule has 6 rings (SSSR count). The van der Waals surface area contributed by atoms with E-state index in [0.29, 0.717) is 29.6 Å². The number of amides is 1. The average molecular weight is 397 g/mol. The van der Waals surface area contributed by atoms with Gasteiger partial charge in [-0.05, 0) is 86.2 Å². The van der Waals surface area contributed by atoms with Crippen LogP contribution in [0.1, 0.15) is 100 Å². The van der Waals surface area contributed by atoms with Crippen molar-refractivity contribution < 1.29 is 4.79 Å². The van der Waals surface area contributed by atoms with Crippen LogP contribution < -0.4 is 10.6 Å². The summed E-state index contributed by atoms with van der Waals surface area (Å²) in [7, 11) is 0. The number of hydrogen-bond acceptors (Lipinski definition) is 4. The molecule has 4 bridgehead atoms. The van der Waals surface area contributed by atoms with Crippen LogP contribution in [0, 0.1) is 23.7 Å². The molecule has 2 N–H and O–H groups in total. The first-order chi connectivity index (χ1) is 14.1. The normalized spacial score (nSPS) is 33.8. The van der Waals surface area contributed by atoms with Crippen LogP contribution in [0.15, 0.2) is 6.07 Å². The summed E-state index contributed by atoms with van der Waals surface area (Å²) >= 11 is 0. The largest absolute Gasteiger partial charge is 0.366 e. The van der Waals surface area contributed by atoms with Crippen LogP contribution in [0.3, 0.4) is 0 Å². The fraction of sp³-hybridized carbons (Fsp3) is 0.792. The minimum Gasteiger partial charge on any atom is -0.366 e. The maximum absolute atomic E-state index is 13.2. The molecule has 0 spiro atoms. The Morgan fingerprint density at radius 1 is 0.966 bits per heavy atom. The van der Waals surface area contributed by atoms with Gasteiger partial charge in [0.25, 0.3) is 5.91 Å². The van der Waals surface area contributed by atoms with Gasteiger partial charge in [-0.25, -0.2) is 0 Å². The molecular formula is C24H36N4O. The van der Waals surface area contributed by atoms with E-state index in [1.54, 1.807) is 0 Å². The number of aromatic nitrogens is 2. The van der Waals surface area contributed by atoms with Crippen molar-refractivity contribution in [3.63, 3.8) is 0 Å². The molecule has 0 unspecified atom stereocenters. The third-order valence-corrected chi connectivity index (χ3v) is 8.14. The molecule has 29 heavy (non-hydrogen) atoms. The minimum atomic E-state index is -0.0112. The lowest BCUT2D eigenvalue weighted by Crippen LogP contribution is -2.56. The number of rotatable bonds is 5. The van der Waals surface area contributed by atoms with E-state index in [9.17, 15) is 4.79 Å². The molecule has 5 heteroatoms. The molecule has 158 valence electrons. The van der Waals surface area contributed by atoms with Crippen LogP contribution in [0.25, 0.3) is 0 Å². The van der Waals surface area contributed by atoms with Crippen LogP contribution in [-0.4, -0.2) is 28.2 Å². The summed E-state index contributed by atoms with van der Waals surface area (Å²) < 4.78 is 0. The Morgan fingerprint density at radius 3 is 2.24 bits per heavy atom. The van der Waals surface area contributed by atoms with E-state index in [1.165, 1.54) is 64.2 Å². The summed E-state index contributed by atoms with van der Waals surface area (Å²) in [6, 6.07) is 2.90. The lowest BCUT2D eigenvalue weighted by Gasteiger charge is -2.54. The molecule has 5 nitrogen and oxygen atoms in total. The fourth-order valence-corrected chi connectivity index (χ4v) is 6.93. The first-order valence-electron chi connectivity index (χ1n) is 12.0. The molecule has 0 aromatic carbocycles. The molecule has 1 aromatic heterocycles. The summed E-state index contributed by atoms with van der Waals surface area (Å²) in [6.45, 7) is 4.28. The van der Waals surface area contributed by atoms with E-state index < -0.39 is 0 Å². The van der Waals surface area contributed by atoms with Crippen molar-refractivity contribution >= 4 is 11.7 Å². The molecule has 5 fully saturated rings. The standard InChI is InChI=1S/C24H36N4O/c1-14(2)20-13-21(25-19-6-4-3-5-7-19)27-28-23(20)24(29)26-22-17-9-15-8-16(11-17)12-18(22)10-15/h13-19,22H,3-12H2,1-2H3,(H,25,27)(H,26,29). The van der Waals surface area contributed by atoms with Gasteiger partial charge in [-0.2, -0.15) is 0 Å². The van der Waals surface area contributed by atoms with Gasteiger partial charge in [0, 0.05) is 12.1 Å². The van der Waals surface area contributed by atoms with Crippen LogP contribution >= 0.6 is 0 Å². The first-order valence-corrected chi connectivity index (χ1v) is 12.0. The average Bonchev–Trinajstić information content (AvgIpc) is 2.70. The summed E-state index contributed by atoms with van der Waals surface area (Å²) in [5.74, 6) is 4.26. The van der Waals surface area contributed by atoms with Gasteiger partial charge in [-0.15, -0.1) is 10.2 Å². The molecule has 0 aliphatic heterocycles. The van der Waals surface area contributed by atoms with E-state index in [4.69, 9.17) is 0 Å². The predicted octanol–water partition coefficient (Wildman–Crippen LogP) is 4.90. The van der Waals surface area contributed by atoms with Gasteiger partial charge in [0.05, 0.1) is 0 Å². The SMILES string of the molecule is CC(C)c1cc(NC2CCCCC2)nnc1C(=O)NC1C2CC3CC(C2)CC1C3. The highest BCUT2D eigenvalue weighted by molar-refractivity contribution is 5.94. The first kappa shape index (κ1) is 19.3. The van der Waals surface area contributed by atoms with Gasteiger partial charge < -0.3 is 10.6 Å². The van der Waals surface area contributed by atoms with Gasteiger partial charge >= 0.3 is 0 Å². The van der Waals surface area contributed by atoms with Crippen molar-refractivity contribution in [2.24, 2.45) is 23.7 Å². The smallest absolute Gasteiger partial charge is 0.272 e.